The molecule has 110 valence electrons. The smallest absolute Gasteiger partial charge is 0.138 e. The van der Waals surface area contributed by atoms with Crippen LogP contribution in [0.25, 0.3) is 0 Å². The van der Waals surface area contributed by atoms with Crippen LogP contribution in [0.4, 0.5) is 0 Å². The van der Waals surface area contributed by atoms with Gasteiger partial charge in [-0.1, -0.05) is 13.8 Å². The Morgan fingerprint density at radius 2 is 2.05 bits per heavy atom. The highest BCUT2D eigenvalue weighted by Crippen LogP contribution is 2.15. The fraction of sp³-hybridized carbons (Fsp3) is 0.846. The highest BCUT2D eigenvalue weighted by Gasteiger charge is 2.26. The van der Waals surface area contributed by atoms with E-state index in [1.54, 1.807) is 6.33 Å². The van der Waals surface area contributed by atoms with Crippen LogP contribution in [0.2, 0.25) is 0 Å². The number of hydrogen-bond donors (Lipinski definition) is 2. The first-order valence-corrected chi connectivity index (χ1v) is 6.97. The molecule has 0 amide bonds. The summed E-state index contributed by atoms with van der Waals surface area (Å²) in [6, 6.07) is 0.321. The van der Waals surface area contributed by atoms with Crippen molar-refractivity contribution in [2.75, 3.05) is 6.61 Å². The number of nitrogens with zero attached hydrogens (tertiary/aromatic N) is 3. The molecule has 0 spiro atoms. The number of nitrogens with one attached hydrogen (secondary N) is 1. The second kappa shape index (κ2) is 7.57. The zero-order chi connectivity index (χ0) is 14.4. The second-order valence-electron chi connectivity index (χ2n) is 5.36. The average Bonchev–Trinajstić information content (AvgIpc) is 2.81. The Labute approximate surface area is 115 Å². The Morgan fingerprint density at radius 1 is 1.37 bits per heavy atom. The van der Waals surface area contributed by atoms with Crippen molar-refractivity contribution >= 4 is 0 Å². The lowest BCUT2D eigenvalue weighted by Gasteiger charge is -2.29. The van der Waals surface area contributed by atoms with Crippen molar-refractivity contribution in [2.24, 2.45) is 11.8 Å². The molecule has 2 unspecified atom stereocenters. The largest absolute Gasteiger partial charge is 0.377 e. The number of hydrazine groups is 1. The Balaban J connectivity index is 2.82. The normalized spacial score (nSPS) is 15.2. The van der Waals surface area contributed by atoms with E-state index in [2.05, 4.69) is 43.2 Å². The van der Waals surface area contributed by atoms with Crippen molar-refractivity contribution in [1.82, 2.24) is 20.2 Å². The fourth-order valence-corrected chi connectivity index (χ4v) is 2.28. The van der Waals surface area contributed by atoms with Crippen LogP contribution >= 0.6 is 0 Å². The van der Waals surface area contributed by atoms with Gasteiger partial charge in [-0.3, -0.25) is 11.3 Å². The van der Waals surface area contributed by atoms with Gasteiger partial charge in [0.15, 0.2) is 0 Å². The van der Waals surface area contributed by atoms with Gasteiger partial charge in [0.2, 0.25) is 0 Å². The van der Waals surface area contributed by atoms with Crippen LogP contribution in [0.5, 0.6) is 0 Å². The molecule has 6 nitrogen and oxygen atoms in total. The monoisotopic (exact) mass is 269 g/mol. The van der Waals surface area contributed by atoms with Gasteiger partial charge in [-0.15, -0.1) is 0 Å². The Kier molecular flexibility index (Phi) is 6.41. The number of ether oxygens (including phenoxy) is 1. The fourth-order valence-electron chi connectivity index (χ4n) is 2.28. The third-order valence-electron chi connectivity index (χ3n) is 3.17. The van der Waals surface area contributed by atoms with Crippen molar-refractivity contribution in [3.63, 3.8) is 0 Å². The minimum Gasteiger partial charge on any atom is -0.377 e. The molecule has 0 saturated carbocycles. The first kappa shape index (κ1) is 16.1. The lowest BCUT2D eigenvalue weighted by Crippen LogP contribution is -2.49. The summed E-state index contributed by atoms with van der Waals surface area (Å²) in [4.78, 5) is 4.33. The Hall–Kier alpha value is -0.980. The van der Waals surface area contributed by atoms with E-state index in [1.807, 2.05) is 11.6 Å². The van der Waals surface area contributed by atoms with Gasteiger partial charge in [0.25, 0.3) is 0 Å². The number of nitrogens with two attached hydrogens (primary N) is 1. The lowest BCUT2D eigenvalue weighted by atomic mass is 9.97. The van der Waals surface area contributed by atoms with Gasteiger partial charge >= 0.3 is 0 Å². The molecule has 0 aliphatic carbocycles. The standard InChI is InChI=1S/C13H27N5O/c1-6-19-13(9(2)3)11(17-14)7-12-15-8-16-18(12)10(4)5/h8-11,13,17H,6-7,14H2,1-5H3. The van der Waals surface area contributed by atoms with Crippen molar-refractivity contribution < 1.29 is 4.74 Å². The summed E-state index contributed by atoms with van der Waals surface area (Å²) in [6.07, 6.45) is 2.36. The molecule has 1 heterocycles. The molecular weight excluding hydrogens is 242 g/mol. The van der Waals surface area contributed by atoms with Crippen molar-refractivity contribution in [2.45, 2.75) is 59.2 Å². The molecule has 1 aromatic rings. The number of aromatic nitrogens is 3. The Bertz CT molecular complexity index is 364. The van der Waals surface area contributed by atoms with Gasteiger partial charge in [0.05, 0.1) is 12.1 Å². The molecule has 2 atom stereocenters. The molecular formula is C13H27N5O. The molecule has 19 heavy (non-hydrogen) atoms. The van der Waals surface area contributed by atoms with E-state index in [0.717, 1.165) is 5.82 Å². The summed E-state index contributed by atoms with van der Waals surface area (Å²) < 4.78 is 7.73. The summed E-state index contributed by atoms with van der Waals surface area (Å²) in [5.74, 6) is 7.02. The molecule has 0 saturated heterocycles. The van der Waals surface area contributed by atoms with Crippen molar-refractivity contribution in [3.05, 3.63) is 12.2 Å². The van der Waals surface area contributed by atoms with E-state index in [9.17, 15) is 0 Å². The van der Waals surface area contributed by atoms with E-state index in [1.165, 1.54) is 0 Å². The maximum Gasteiger partial charge on any atom is 0.138 e. The van der Waals surface area contributed by atoms with Crippen LogP contribution in [-0.4, -0.2) is 33.5 Å². The van der Waals surface area contributed by atoms with Gasteiger partial charge in [-0.25, -0.2) is 9.67 Å². The minimum atomic E-state index is 0.0293. The summed E-state index contributed by atoms with van der Waals surface area (Å²) in [5, 5.41) is 4.25. The quantitative estimate of drug-likeness (QED) is 0.549. The lowest BCUT2D eigenvalue weighted by molar-refractivity contribution is 0.00283. The van der Waals surface area contributed by atoms with Crippen LogP contribution in [0.15, 0.2) is 6.33 Å². The predicted molar refractivity (Wildman–Crippen MR) is 75.5 cm³/mol. The first-order valence-electron chi connectivity index (χ1n) is 6.97. The van der Waals surface area contributed by atoms with E-state index in [0.29, 0.717) is 25.0 Å². The minimum absolute atomic E-state index is 0.0293. The molecule has 1 aromatic heterocycles. The van der Waals surface area contributed by atoms with E-state index in [4.69, 9.17) is 10.6 Å². The number of hydrogen-bond acceptors (Lipinski definition) is 5. The highest BCUT2D eigenvalue weighted by molar-refractivity contribution is 4.94. The SMILES string of the molecule is CCOC(C(C)C)C(Cc1ncnn1C(C)C)NN. The molecule has 1 rings (SSSR count). The number of rotatable bonds is 8. The van der Waals surface area contributed by atoms with Crippen LogP contribution in [-0.2, 0) is 11.2 Å². The van der Waals surface area contributed by atoms with E-state index in [-0.39, 0.29) is 12.1 Å². The van der Waals surface area contributed by atoms with Gasteiger partial charge in [0, 0.05) is 19.1 Å². The van der Waals surface area contributed by atoms with Gasteiger partial charge in [0.1, 0.15) is 12.2 Å². The third kappa shape index (κ3) is 4.26. The Morgan fingerprint density at radius 3 is 2.53 bits per heavy atom. The van der Waals surface area contributed by atoms with Crippen molar-refractivity contribution in [1.29, 1.82) is 0 Å². The summed E-state index contributed by atoms with van der Waals surface area (Å²) in [5.41, 5.74) is 2.87. The van der Waals surface area contributed by atoms with Gasteiger partial charge in [-0.05, 0) is 26.7 Å². The molecule has 0 aliphatic rings. The average molecular weight is 269 g/mol. The molecule has 6 heteroatoms. The second-order valence-corrected chi connectivity index (χ2v) is 5.36. The first-order chi connectivity index (χ1) is 9.01. The van der Waals surface area contributed by atoms with E-state index < -0.39 is 0 Å². The molecule has 0 radical (unpaired) electrons. The molecule has 0 aromatic carbocycles. The molecule has 3 N–H and O–H groups in total. The highest BCUT2D eigenvalue weighted by atomic mass is 16.5. The zero-order valence-electron chi connectivity index (χ0n) is 12.6. The topological polar surface area (TPSA) is 78.0 Å². The maximum atomic E-state index is 5.81. The third-order valence-corrected chi connectivity index (χ3v) is 3.17. The molecule has 0 bridgehead atoms. The van der Waals surface area contributed by atoms with Crippen molar-refractivity contribution in [3.8, 4) is 0 Å². The molecule has 0 fully saturated rings. The van der Waals surface area contributed by atoms with Crippen LogP contribution in [0, 0.1) is 5.92 Å². The predicted octanol–water partition coefficient (Wildman–Crippen LogP) is 1.29. The molecule has 0 aliphatic heterocycles. The zero-order valence-corrected chi connectivity index (χ0v) is 12.6. The summed E-state index contributed by atoms with van der Waals surface area (Å²) in [7, 11) is 0. The van der Waals surface area contributed by atoms with Gasteiger partial charge in [-0.2, -0.15) is 5.10 Å². The van der Waals surface area contributed by atoms with Crippen LogP contribution in [0.3, 0.4) is 0 Å². The summed E-state index contributed by atoms with van der Waals surface area (Å²) in [6.45, 7) is 11.1. The van der Waals surface area contributed by atoms with E-state index >= 15 is 0 Å². The summed E-state index contributed by atoms with van der Waals surface area (Å²) >= 11 is 0. The van der Waals surface area contributed by atoms with Crippen LogP contribution in [0.1, 0.15) is 46.5 Å². The van der Waals surface area contributed by atoms with Crippen LogP contribution < -0.4 is 11.3 Å². The maximum absolute atomic E-state index is 5.81. The van der Waals surface area contributed by atoms with Gasteiger partial charge < -0.3 is 4.74 Å².